The van der Waals surface area contributed by atoms with Crippen LogP contribution in [0.3, 0.4) is 0 Å². The van der Waals surface area contributed by atoms with E-state index < -0.39 is 6.04 Å². The van der Waals surface area contributed by atoms with Crippen molar-refractivity contribution in [1.29, 1.82) is 0 Å². The highest BCUT2D eigenvalue weighted by Crippen LogP contribution is 2.22. The van der Waals surface area contributed by atoms with Crippen molar-refractivity contribution >= 4 is 17.7 Å². The number of aromatic nitrogens is 1. The number of likely N-dealkylation sites (N-methyl/N-ethyl adjacent to an activating group) is 1. The van der Waals surface area contributed by atoms with Gasteiger partial charge in [0, 0.05) is 46.5 Å². The predicted molar refractivity (Wildman–Crippen MR) is 160 cm³/mol. The van der Waals surface area contributed by atoms with E-state index in [-0.39, 0.29) is 33.2 Å². The maximum atomic E-state index is 13.9. The summed E-state index contributed by atoms with van der Waals surface area (Å²) >= 11 is 0. The smallest absolute Gasteiger partial charge is 0.254 e. The number of amides is 3. The van der Waals surface area contributed by atoms with Crippen LogP contribution in [-0.4, -0.2) is 77.8 Å². The summed E-state index contributed by atoms with van der Waals surface area (Å²) in [6.07, 6.45) is 6.83. The lowest BCUT2D eigenvalue weighted by atomic mass is 10.0. The fourth-order valence-corrected chi connectivity index (χ4v) is 5.25. The van der Waals surface area contributed by atoms with Crippen LogP contribution in [0.15, 0.2) is 85.2 Å². The van der Waals surface area contributed by atoms with E-state index in [1.165, 1.54) is 0 Å². The number of aryl methyl sites for hydroxylation is 1. The minimum atomic E-state index is -0.629. The molecule has 1 fully saturated rings. The molecule has 2 aromatic carbocycles. The second kappa shape index (κ2) is 14.9. The van der Waals surface area contributed by atoms with E-state index in [0.717, 1.165) is 30.4 Å². The first-order valence-corrected chi connectivity index (χ1v) is 14.1. The molecular formula is C32H43N5O3. The Hall–Kier alpha value is -4.04. The van der Waals surface area contributed by atoms with Gasteiger partial charge in [-0.3, -0.25) is 19.4 Å². The fraction of sp³-hybridized carbons (Fsp3) is 0.375. The molecule has 0 bridgehead atoms. The van der Waals surface area contributed by atoms with Crippen LogP contribution >= 0.6 is 0 Å². The van der Waals surface area contributed by atoms with Crippen molar-refractivity contribution in [2.24, 2.45) is 0 Å². The summed E-state index contributed by atoms with van der Waals surface area (Å²) in [4.78, 5) is 47.8. The molecule has 4 rings (SSSR count). The quantitative estimate of drug-likeness (QED) is 0.342. The van der Waals surface area contributed by atoms with Gasteiger partial charge in [0.15, 0.2) is 0 Å². The number of likely N-dealkylation sites (tertiary alicyclic amines) is 1. The summed E-state index contributed by atoms with van der Waals surface area (Å²) in [5.74, 6) is -0.357. The maximum Gasteiger partial charge on any atom is 0.254 e. The highest BCUT2D eigenvalue weighted by atomic mass is 16.2. The number of benzene rings is 2. The van der Waals surface area contributed by atoms with E-state index >= 15 is 0 Å². The lowest BCUT2D eigenvalue weighted by Gasteiger charge is -2.33. The van der Waals surface area contributed by atoms with Crippen molar-refractivity contribution < 1.29 is 17.2 Å². The Morgan fingerprint density at radius 3 is 2.27 bits per heavy atom. The molecule has 0 aliphatic carbocycles. The summed E-state index contributed by atoms with van der Waals surface area (Å²) in [6, 6.07) is 22.8. The first-order chi connectivity index (χ1) is 19.5. The third-order valence-corrected chi connectivity index (χ3v) is 7.35. The van der Waals surface area contributed by atoms with Crippen LogP contribution in [0.1, 0.15) is 43.6 Å². The zero-order valence-corrected chi connectivity index (χ0v) is 23.2. The van der Waals surface area contributed by atoms with Gasteiger partial charge in [-0.05, 0) is 62.4 Å². The highest BCUT2D eigenvalue weighted by molar-refractivity contribution is 5.94. The Balaban J connectivity index is 0.00000308. The number of nitrogens with zero attached hydrogens (tertiary/aromatic N) is 3. The largest absolute Gasteiger partial charge is 0.343 e. The Kier molecular flexibility index (Phi) is 10.8. The van der Waals surface area contributed by atoms with Crippen LogP contribution in [-0.2, 0) is 22.4 Å². The normalized spacial score (nSPS) is 15.4. The van der Waals surface area contributed by atoms with Crippen molar-refractivity contribution in [2.45, 2.75) is 44.2 Å². The van der Waals surface area contributed by atoms with Crippen LogP contribution in [0.25, 0.3) is 0 Å². The van der Waals surface area contributed by atoms with Crippen molar-refractivity contribution in [1.82, 2.24) is 25.4 Å². The summed E-state index contributed by atoms with van der Waals surface area (Å²) in [6.45, 7) is 1.74. The summed E-state index contributed by atoms with van der Waals surface area (Å²) in [5, 5.41) is 5.81. The van der Waals surface area contributed by atoms with Crippen molar-refractivity contribution in [3.63, 3.8) is 0 Å². The van der Waals surface area contributed by atoms with Gasteiger partial charge in [0.25, 0.3) is 5.91 Å². The number of carbonyl (C=O) groups excluding carboxylic acids is 3. The van der Waals surface area contributed by atoms with Gasteiger partial charge >= 0.3 is 0 Å². The molecular weight excluding hydrogens is 502 g/mol. The van der Waals surface area contributed by atoms with Gasteiger partial charge in [0.2, 0.25) is 11.8 Å². The molecule has 214 valence electrons. The van der Waals surface area contributed by atoms with Crippen molar-refractivity contribution in [3.05, 3.63) is 102 Å². The summed E-state index contributed by atoms with van der Waals surface area (Å²) in [5.41, 5.74) is 2.86. The molecule has 0 saturated carbocycles. The second-order valence-electron chi connectivity index (χ2n) is 10.2. The highest BCUT2D eigenvalue weighted by Gasteiger charge is 2.35. The summed E-state index contributed by atoms with van der Waals surface area (Å²) < 4.78 is 0. The Labute approximate surface area is 239 Å². The minimum absolute atomic E-state index is 0. The van der Waals surface area contributed by atoms with E-state index in [9.17, 15) is 14.4 Å². The van der Waals surface area contributed by atoms with Crippen molar-refractivity contribution in [2.75, 3.05) is 33.2 Å². The molecule has 2 atom stereocenters. The van der Waals surface area contributed by atoms with E-state index in [4.69, 9.17) is 0 Å². The third kappa shape index (κ3) is 8.23. The summed E-state index contributed by atoms with van der Waals surface area (Å²) in [7, 11) is 1.71. The van der Waals surface area contributed by atoms with Crippen LogP contribution < -0.4 is 10.6 Å². The van der Waals surface area contributed by atoms with Gasteiger partial charge in [-0.25, -0.2) is 0 Å². The number of carbonyl (C=O) groups is 3. The minimum Gasteiger partial charge on any atom is -0.343 e. The standard InChI is InChI=1S/C32H39N5O3.2H2/c1-33-23-30(38)35-29(15-14-25-9-4-2-5-10-25)32(40)37-21-8-13-28(37)24-36(22-18-26-11-6-3-7-12-26)31(39)27-16-19-34-20-17-27;;/h2-7,9-12,16-17,19-20,28-29,33H,8,13-15,18,21-24H2,1H3,(H,35,38);2*1H/t28-,29-;;/m0../s1. The number of nitrogens with one attached hydrogen (secondary N) is 2. The monoisotopic (exact) mass is 545 g/mol. The molecule has 0 spiro atoms. The molecule has 8 nitrogen and oxygen atoms in total. The van der Waals surface area contributed by atoms with Gasteiger partial charge in [-0.2, -0.15) is 0 Å². The topological polar surface area (TPSA) is 94.6 Å². The van der Waals surface area contributed by atoms with Gasteiger partial charge in [-0.15, -0.1) is 0 Å². The van der Waals surface area contributed by atoms with Crippen molar-refractivity contribution in [3.8, 4) is 0 Å². The SMILES string of the molecule is CNCC(=O)N[C@@H](CCc1ccccc1)C(=O)N1CCC[C@H]1CN(CCc1ccccc1)C(=O)c1ccncc1.[HH].[HH]. The molecule has 3 aromatic rings. The lowest BCUT2D eigenvalue weighted by molar-refractivity contribution is -0.137. The Bertz CT molecular complexity index is 1230. The van der Waals surface area contributed by atoms with Crippen LogP contribution in [0, 0.1) is 0 Å². The number of rotatable bonds is 13. The average Bonchev–Trinajstić information content (AvgIpc) is 3.46. The van der Waals surface area contributed by atoms with Crippen LogP contribution in [0.5, 0.6) is 0 Å². The maximum absolute atomic E-state index is 13.9. The number of pyridine rings is 1. The fourth-order valence-electron chi connectivity index (χ4n) is 5.25. The van der Waals surface area contributed by atoms with Crippen LogP contribution in [0.2, 0.25) is 0 Å². The van der Waals surface area contributed by atoms with E-state index in [1.807, 2.05) is 58.3 Å². The van der Waals surface area contributed by atoms with E-state index in [2.05, 4.69) is 27.8 Å². The zero-order chi connectivity index (χ0) is 28.2. The number of hydrogen-bond donors (Lipinski definition) is 2. The molecule has 1 saturated heterocycles. The molecule has 1 aromatic heterocycles. The lowest BCUT2D eigenvalue weighted by Crippen LogP contribution is -2.53. The molecule has 2 heterocycles. The molecule has 1 aliphatic heterocycles. The molecule has 40 heavy (non-hydrogen) atoms. The molecule has 1 aliphatic rings. The second-order valence-corrected chi connectivity index (χ2v) is 10.2. The first kappa shape index (κ1) is 29.0. The first-order valence-electron chi connectivity index (χ1n) is 14.1. The Morgan fingerprint density at radius 1 is 0.975 bits per heavy atom. The molecule has 8 heteroatoms. The van der Waals surface area contributed by atoms with Gasteiger partial charge in [0.1, 0.15) is 6.04 Å². The average molecular weight is 546 g/mol. The van der Waals surface area contributed by atoms with E-state index in [0.29, 0.717) is 38.0 Å². The van der Waals surface area contributed by atoms with Gasteiger partial charge in [-0.1, -0.05) is 60.7 Å². The molecule has 2 N–H and O–H groups in total. The Morgan fingerprint density at radius 2 is 1.62 bits per heavy atom. The number of hydrogen-bond acceptors (Lipinski definition) is 5. The van der Waals surface area contributed by atoms with Crippen LogP contribution in [0.4, 0.5) is 0 Å². The molecule has 0 unspecified atom stereocenters. The van der Waals surface area contributed by atoms with E-state index in [1.54, 1.807) is 31.6 Å². The van der Waals surface area contributed by atoms with Gasteiger partial charge < -0.3 is 20.4 Å². The zero-order valence-electron chi connectivity index (χ0n) is 23.2. The molecule has 0 radical (unpaired) electrons. The predicted octanol–water partition coefficient (Wildman–Crippen LogP) is 3.59. The van der Waals surface area contributed by atoms with Gasteiger partial charge in [0.05, 0.1) is 6.54 Å². The third-order valence-electron chi connectivity index (χ3n) is 7.35. The molecule has 3 amide bonds.